The lowest BCUT2D eigenvalue weighted by Crippen LogP contribution is -2.51. The minimum Gasteiger partial charge on any atom is -0.357 e. The second-order valence-corrected chi connectivity index (χ2v) is 8.32. The van der Waals surface area contributed by atoms with E-state index in [0.29, 0.717) is 16.8 Å². The molecule has 0 aromatic heterocycles. The van der Waals surface area contributed by atoms with Crippen molar-refractivity contribution in [2.75, 3.05) is 19.6 Å². The van der Waals surface area contributed by atoms with Gasteiger partial charge in [-0.05, 0) is 25.3 Å². The van der Waals surface area contributed by atoms with Gasteiger partial charge in [-0.25, -0.2) is 13.4 Å². The number of piperidine rings is 1. The van der Waals surface area contributed by atoms with E-state index in [1.54, 1.807) is 12.1 Å². The minimum absolute atomic E-state index is 0.0247. The summed E-state index contributed by atoms with van der Waals surface area (Å²) >= 11 is 0. The number of halogens is 3. The van der Waals surface area contributed by atoms with Crippen LogP contribution in [0, 0.1) is 10.1 Å². The van der Waals surface area contributed by atoms with Gasteiger partial charge in [0.15, 0.2) is 5.96 Å². The smallest absolute Gasteiger partial charge is 0.357 e. The Morgan fingerprint density at radius 2 is 1.86 bits per heavy atom. The van der Waals surface area contributed by atoms with Gasteiger partial charge in [0.1, 0.15) is 0 Å². The summed E-state index contributed by atoms with van der Waals surface area (Å²) in [5, 5.41) is 16.8. The molecule has 2 N–H and O–H groups in total. The highest BCUT2D eigenvalue weighted by molar-refractivity contribution is 7.90. The van der Waals surface area contributed by atoms with E-state index in [1.807, 2.05) is 6.92 Å². The number of non-ortho nitro benzene ring substituents is 1. The molecule has 0 spiro atoms. The number of nitrogens with one attached hydrogen (secondary N) is 2. The van der Waals surface area contributed by atoms with Gasteiger partial charge in [0.25, 0.3) is 5.69 Å². The van der Waals surface area contributed by atoms with Crippen molar-refractivity contribution < 1.29 is 26.5 Å². The van der Waals surface area contributed by atoms with Crippen LogP contribution in [0.5, 0.6) is 0 Å². The van der Waals surface area contributed by atoms with Gasteiger partial charge in [-0.2, -0.15) is 17.5 Å². The van der Waals surface area contributed by atoms with Gasteiger partial charge in [-0.15, -0.1) is 0 Å². The normalized spacial score (nSPS) is 17.2. The molecule has 1 aliphatic heterocycles. The van der Waals surface area contributed by atoms with E-state index in [-0.39, 0.29) is 44.2 Å². The molecule has 162 valence electrons. The van der Waals surface area contributed by atoms with Crippen molar-refractivity contribution in [1.82, 2.24) is 14.9 Å². The lowest BCUT2D eigenvalue weighted by atomic mass is 10.1. The van der Waals surface area contributed by atoms with Crippen molar-refractivity contribution in [2.24, 2.45) is 4.99 Å². The maximum atomic E-state index is 12.6. The zero-order valence-electron chi connectivity index (χ0n) is 15.6. The van der Waals surface area contributed by atoms with E-state index in [9.17, 15) is 31.7 Å². The fourth-order valence-electron chi connectivity index (χ4n) is 2.79. The SMILES string of the molecule is CCNC(=NCc1ccc([N+](=O)[O-])cc1)NC1CCN(S(=O)(=O)C(F)(F)F)CC1. The molecule has 0 atom stereocenters. The molecule has 0 radical (unpaired) electrons. The van der Waals surface area contributed by atoms with Crippen LogP contribution >= 0.6 is 0 Å². The largest absolute Gasteiger partial charge is 0.511 e. The molecular formula is C16H22F3N5O4S. The Labute approximate surface area is 166 Å². The Morgan fingerprint density at radius 1 is 1.28 bits per heavy atom. The second kappa shape index (κ2) is 9.39. The third kappa shape index (κ3) is 6.03. The van der Waals surface area contributed by atoms with E-state index >= 15 is 0 Å². The molecule has 1 fully saturated rings. The van der Waals surface area contributed by atoms with Crippen LogP contribution in [0.15, 0.2) is 29.3 Å². The summed E-state index contributed by atoms with van der Waals surface area (Å²) in [6, 6.07) is 5.70. The van der Waals surface area contributed by atoms with Crippen LogP contribution in [-0.4, -0.2) is 54.8 Å². The van der Waals surface area contributed by atoms with Gasteiger partial charge in [0.05, 0.1) is 11.5 Å². The molecule has 0 aliphatic carbocycles. The van der Waals surface area contributed by atoms with Crippen LogP contribution in [0.3, 0.4) is 0 Å². The van der Waals surface area contributed by atoms with Crippen LogP contribution in [0.4, 0.5) is 18.9 Å². The summed E-state index contributed by atoms with van der Waals surface area (Å²) < 4.78 is 61.3. The first kappa shape index (κ1) is 22.9. The van der Waals surface area contributed by atoms with E-state index in [4.69, 9.17) is 0 Å². The molecular weight excluding hydrogens is 415 g/mol. The first-order chi connectivity index (χ1) is 13.5. The van der Waals surface area contributed by atoms with Crippen LogP contribution in [0.25, 0.3) is 0 Å². The number of benzene rings is 1. The summed E-state index contributed by atoms with van der Waals surface area (Å²) in [5.74, 6) is 0.433. The van der Waals surface area contributed by atoms with Crippen LogP contribution in [0.2, 0.25) is 0 Å². The fraction of sp³-hybridized carbons (Fsp3) is 0.562. The Hall–Kier alpha value is -2.41. The maximum absolute atomic E-state index is 12.6. The van der Waals surface area contributed by atoms with Crippen LogP contribution < -0.4 is 10.6 Å². The lowest BCUT2D eigenvalue weighted by molar-refractivity contribution is -0.384. The standard InChI is InChI=1S/C16H22F3N5O4S/c1-2-20-15(21-11-12-3-5-14(6-4-12)24(25)26)22-13-7-9-23(10-8-13)29(27,28)16(17,18)19/h3-6,13H,2,7-11H2,1H3,(H2,20,21,22). The van der Waals surface area contributed by atoms with Crippen LogP contribution in [0.1, 0.15) is 25.3 Å². The molecule has 1 aromatic carbocycles. The number of guanidine groups is 1. The van der Waals surface area contributed by atoms with Crippen molar-refractivity contribution in [3.8, 4) is 0 Å². The van der Waals surface area contributed by atoms with Crippen molar-refractivity contribution in [3.05, 3.63) is 39.9 Å². The summed E-state index contributed by atoms with van der Waals surface area (Å²) in [4.78, 5) is 14.6. The highest BCUT2D eigenvalue weighted by Crippen LogP contribution is 2.28. The predicted octanol–water partition coefficient (Wildman–Crippen LogP) is 1.96. The zero-order chi connectivity index (χ0) is 21.7. The number of nitrogens with zero attached hydrogens (tertiary/aromatic N) is 3. The Bertz CT molecular complexity index is 835. The van der Waals surface area contributed by atoms with E-state index in [2.05, 4.69) is 15.6 Å². The molecule has 1 saturated heterocycles. The summed E-state index contributed by atoms with van der Waals surface area (Å²) in [5.41, 5.74) is -4.57. The average Bonchev–Trinajstić information content (AvgIpc) is 2.66. The monoisotopic (exact) mass is 437 g/mol. The first-order valence-electron chi connectivity index (χ1n) is 8.89. The molecule has 13 heteroatoms. The maximum Gasteiger partial charge on any atom is 0.511 e. The molecule has 0 saturated carbocycles. The van der Waals surface area contributed by atoms with Gasteiger partial charge in [0.2, 0.25) is 0 Å². The summed E-state index contributed by atoms with van der Waals surface area (Å²) in [7, 11) is -5.31. The van der Waals surface area contributed by atoms with Gasteiger partial charge in [-0.1, -0.05) is 12.1 Å². The third-order valence-corrected chi connectivity index (χ3v) is 5.97. The lowest BCUT2D eigenvalue weighted by Gasteiger charge is -2.32. The average molecular weight is 437 g/mol. The molecule has 29 heavy (non-hydrogen) atoms. The van der Waals surface area contributed by atoms with Gasteiger partial charge in [0, 0.05) is 37.8 Å². The molecule has 1 aliphatic rings. The van der Waals surface area contributed by atoms with E-state index in [1.165, 1.54) is 12.1 Å². The highest BCUT2D eigenvalue weighted by Gasteiger charge is 2.50. The van der Waals surface area contributed by atoms with Crippen molar-refractivity contribution >= 4 is 21.7 Å². The van der Waals surface area contributed by atoms with E-state index < -0.39 is 20.5 Å². The Morgan fingerprint density at radius 3 is 2.34 bits per heavy atom. The number of rotatable bonds is 6. The number of hydrogen-bond acceptors (Lipinski definition) is 5. The van der Waals surface area contributed by atoms with Crippen LogP contribution in [-0.2, 0) is 16.6 Å². The van der Waals surface area contributed by atoms with Crippen molar-refractivity contribution in [3.63, 3.8) is 0 Å². The third-order valence-electron chi connectivity index (χ3n) is 4.34. The number of nitro groups is 1. The number of aliphatic imine (C=N–C) groups is 1. The minimum atomic E-state index is -5.31. The number of nitro benzene ring substituents is 1. The second-order valence-electron chi connectivity index (χ2n) is 6.39. The molecule has 0 unspecified atom stereocenters. The summed E-state index contributed by atoms with van der Waals surface area (Å²) in [6.07, 6.45) is 0.411. The molecule has 1 heterocycles. The quantitative estimate of drug-likeness (QED) is 0.304. The summed E-state index contributed by atoms with van der Waals surface area (Å²) in [6.45, 7) is 2.17. The van der Waals surface area contributed by atoms with Gasteiger partial charge < -0.3 is 10.6 Å². The number of sulfonamides is 1. The number of alkyl halides is 3. The molecule has 0 amide bonds. The molecule has 1 aromatic rings. The predicted molar refractivity (Wildman–Crippen MR) is 101 cm³/mol. The Kier molecular flexibility index (Phi) is 7.41. The van der Waals surface area contributed by atoms with Crippen molar-refractivity contribution in [1.29, 1.82) is 0 Å². The molecule has 0 bridgehead atoms. The zero-order valence-corrected chi connectivity index (χ0v) is 16.5. The van der Waals surface area contributed by atoms with Gasteiger partial charge >= 0.3 is 15.5 Å². The fourth-order valence-corrected chi connectivity index (χ4v) is 3.78. The van der Waals surface area contributed by atoms with Gasteiger partial charge in [-0.3, -0.25) is 10.1 Å². The van der Waals surface area contributed by atoms with Crippen molar-refractivity contribution in [2.45, 2.75) is 37.9 Å². The highest BCUT2D eigenvalue weighted by atomic mass is 32.2. The van der Waals surface area contributed by atoms with E-state index in [0.717, 1.165) is 5.56 Å². The first-order valence-corrected chi connectivity index (χ1v) is 10.3. The number of hydrogen-bond donors (Lipinski definition) is 2. The molecule has 2 rings (SSSR count). The topological polar surface area (TPSA) is 117 Å². The Balaban J connectivity index is 1.95. The molecule has 9 nitrogen and oxygen atoms in total.